The molecule has 3 heterocycles. The molecule has 33 heavy (non-hydrogen) atoms. The minimum absolute atomic E-state index is 0. The first-order valence-corrected chi connectivity index (χ1v) is 11.1. The number of benzene rings is 2. The van der Waals surface area contributed by atoms with Gasteiger partial charge >= 0.3 is 0 Å². The van der Waals surface area contributed by atoms with Crippen LogP contribution in [0.2, 0.25) is 0 Å². The zero-order valence-corrected chi connectivity index (χ0v) is 20.2. The van der Waals surface area contributed by atoms with Crippen LogP contribution in [-0.2, 0) is 13.0 Å². The van der Waals surface area contributed by atoms with Gasteiger partial charge in [0.05, 0.1) is 18.7 Å². The Morgan fingerprint density at radius 3 is 2.64 bits per heavy atom. The highest BCUT2D eigenvalue weighted by molar-refractivity contribution is 5.97. The van der Waals surface area contributed by atoms with Gasteiger partial charge in [-0.3, -0.25) is 9.80 Å². The number of alkyl halides is 1. The number of halogens is 3. The molecular weight excluding hydrogens is 468 g/mol. The highest BCUT2D eigenvalue weighted by Gasteiger charge is 2.33. The molecule has 0 bridgehead atoms. The van der Waals surface area contributed by atoms with Crippen LogP contribution >= 0.6 is 24.8 Å². The molecule has 0 spiro atoms. The Morgan fingerprint density at radius 2 is 1.85 bits per heavy atom. The van der Waals surface area contributed by atoms with E-state index in [1.165, 1.54) is 11.1 Å². The molecule has 3 aliphatic rings. The second-order valence-electron chi connectivity index (χ2n) is 8.60. The lowest BCUT2D eigenvalue weighted by molar-refractivity contribution is -0.0915. The van der Waals surface area contributed by atoms with Gasteiger partial charge in [0.25, 0.3) is 5.91 Å². The fraction of sp³-hybridized carbons (Fsp3) is 0.458. The Morgan fingerprint density at radius 1 is 1.06 bits per heavy atom. The van der Waals surface area contributed by atoms with E-state index < -0.39 is 6.17 Å². The Balaban J connectivity index is 0.00000153. The van der Waals surface area contributed by atoms with E-state index in [4.69, 9.17) is 9.57 Å². The number of ether oxygens (including phenoxy) is 1. The van der Waals surface area contributed by atoms with Crippen LogP contribution in [0, 0.1) is 0 Å². The maximum atomic E-state index is 13.7. The summed E-state index contributed by atoms with van der Waals surface area (Å²) in [6.45, 7) is 4.92. The predicted octanol–water partition coefficient (Wildman–Crippen LogP) is 4.45. The minimum atomic E-state index is -0.865. The lowest BCUT2D eigenvalue weighted by atomic mass is 10.0. The molecule has 0 aromatic heterocycles. The van der Waals surface area contributed by atoms with Crippen LogP contribution in [0.3, 0.4) is 0 Å². The highest BCUT2D eigenvalue weighted by Crippen LogP contribution is 2.32. The van der Waals surface area contributed by atoms with Crippen LogP contribution in [0.5, 0.6) is 11.5 Å². The minimum Gasteiger partial charge on any atom is -0.488 e. The maximum absolute atomic E-state index is 13.7. The summed E-state index contributed by atoms with van der Waals surface area (Å²) in [6, 6.07) is 13.7. The Bertz CT molecular complexity index is 980. The number of rotatable bonds is 3. The summed E-state index contributed by atoms with van der Waals surface area (Å²) in [7, 11) is 0. The summed E-state index contributed by atoms with van der Waals surface area (Å²) in [5.74, 6) is 1.02. The summed E-state index contributed by atoms with van der Waals surface area (Å²) < 4.78 is 19.8. The number of piperidine rings is 1. The van der Waals surface area contributed by atoms with Gasteiger partial charge in [-0.1, -0.05) is 24.3 Å². The first kappa shape index (κ1) is 25.6. The summed E-state index contributed by atoms with van der Waals surface area (Å²) in [5.41, 5.74) is 3.13. The van der Waals surface area contributed by atoms with E-state index in [0.717, 1.165) is 19.4 Å². The van der Waals surface area contributed by atoms with E-state index in [9.17, 15) is 9.18 Å². The first-order valence-electron chi connectivity index (χ1n) is 11.1. The van der Waals surface area contributed by atoms with E-state index in [2.05, 4.69) is 23.2 Å². The van der Waals surface area contributed by atoms with Crippen molar-refractivity contribution in [3.8, 4) is 11.5 Å². The van der Waals surface area contributed by atoms with Gasteiger partial charge in [0.2, 0.25) is 0 Å². The predicted molar refractivity (Wildman–Crippen MR) is 129 cm³/mol. The summed E-state index contributed by atoms with van der Waals surface area (Å²) in [4.78, 5) is 19.3. The molecular formula is C24H30Cl2FN3O3. The van der Waals surface area contributed by atoms with Crippen molar-refractivity contribution in [1.82, 2.24) is 15.1 Å². The van der Waals surface area contributed by atoms with Crippen molar-refractivity contribution in [1.29, 1.82) is 0 Å². The molecule has 0 aliphatic carbocycles. The highest BCUT2D eigenvalue weighted by atomic mass is 35.5. The molecule has 180 valence electrons. The standard InChI is InChI=1S/C24H28FN3O3.2ClH/c1-17-14-28(26-12-10-18-5-2-3-6-19(18)15-26)24(29)22-9-8-21(13-23(22)30-17)31-27-11-4-7-20(25)16-27;;/h2-3,5-6,8-9,13,17,20H,4,7,10-12,14-16H2,1H3;2*1H/t17-,20-;;/m1../s1. The van der Waals surface area contributed by atoms with Crippen LogP contribution in [0.1, 0.15) is 41.3 Å². The average molecular weight is 498 g/mol. The molecule has 0 unspecified atom stereocenters. The number of carbonyl (C=O) groups excluding carboxylic acids is 1. The topological polar surface area (TPSA) is 45.2 Å². The average Bonchev–Trinajstić information content (AvgIpc) is 2.89. The third-order valence-electron chi connectivity index (χ3n) is 6.19. The summed E-state index contributed by atoms with van der Waals surface area (Å²) >= 11 is 0. The SMILES string of the molecule is C[C@@H]1CN(N2CCc3ccccc3C2)C(=O)c2ccc(ON3CCC[C@@H](F)C3)cc2O1.Cl.Cl. The van der Waals surface area contributed by atoms with Crippen molar-refractivity contribution in [2.24, 2.45) is 0 Å². The van der Waals surface area contributed by atoms with Gasteiger partial charge in [-0.25, -0.2) is 9.40 Å². The van der Waals surface area contributed by atoms with Gasteiger partial charge in [0, 0.05) is 25.7 Å². The molecule has 0 N–H and O–H groups in total. The molecule has 1 saturated heterocycles. The molecule has 1 fully saturated rings. The van der Waals surface area contributed by atoms with E-state index in [1.54, 1.807) is 23.3 Å². The normalized spacial score (nSPS) is 23.2. The van der Waals surface area contributed by atoms with Crippen molar-refractivity contribution >= 4 is 30.7 Å². The third-order valence-corrected chi connectivity index (χ3v) is 6.19. The molecule has 2 aromatic carbocycles. The van der Waals surface area contributed by atoms with Crippen molar-refractivity contribution in [3.63, 3.8) is 0 Å². The second kappa shape index (κ2) is 10.9. The zero-order valence-electron chi connectivity index (χ0n) is 18.6. The lowest BCUT2D eigenvalue weighted by Gasteiger charge is -2.38. The number of hydrazine groups is 1. The van der Waals surface area contributed by atoms with Crippen LogP contribution < -0.4 is 9.57 Å². The molecule has 1 amide bonds. The van der Waals surface area contributed by atoms with E-state index in [1.807, 2.05) is 18.0 Å². The number of fused-ring (bicyclic) bond motifs is 2. The third kappa shape index (κ3) is 5.54. The number of carbonyl (C=O) groups is 1. The molecule has 0 saturated carbocycles. The van der Waals surface area contributed by atoms with E-state index in [0.29, 0.717) is 43.1 Å². The Labute approximate surface area is 206 Å². The maximum Gasteiger partial charge on any atom is 0.272 e. The first-order chi connectivity index (χ1) is 15.1. The number of hydrogen-bond acceptors (Lipinski definition) is 5. The molecule has 5 rings (SSSR count). The van der Waals surface area contributed by atoms with Crippen LogP contribution in [-0.4, -0.2) is 59.4 Å². The number of hydroxylamine groups is 2. The quantitative estimate of drug-likeness (QED) is 0.626. The molecule has 0 radical (unpaired) electrons. The Hall–Kier alpha value is -2.06. The number of nitrogens with zero attached hydrogens (tertiary/aromatic N) is 3. The molecule has 9 heteroatoms. The summed E-state index contributed by atoms with van der Waals surface area (Å²) in [6.07, 6.45) is 1.24. The number of amides is 1. The smallest absolute Gasteiger partial charge is 0.272 e. The fourth-order valence-corrected chi connectivity index (χ4v) is 4.61. The summed E-state index contributed by atoms with van der Waals surface area (Å²) in [5, 5.41) is 5.60. The lowest BCUT2D eigenvalue weighted by Crippen LogP contribution is -2.50. The number of hydrogen-bond donors (Lipinski definition) is 0. The van der Waals surface area contributed by atoms with Gasteiger partial charge in [0.1, 0.15) is 18.0 Å². The van der Waals surface area contributed by atoms with Crippen molar-refractivity contribution in [3.05, 3.63) is 59.2 Å². The van der Waals surface area contributed by atoms with E-state index in [-0.39, 0.29) is 43.4 Å². The molecule has 2 aromatic rings. The van der Waals surface area contributed by atoms with Crippen LogP contribution in [0.4, 0.5) is 4.39 Å². The van der Waals surface area contributed by atoms with Gasteiger partial charge < -0.3 is 9.57 Å². The largest absolute Gasteiger partial charge is 0.488 e. The van der Waals surface area contributed by atoms with Crippen molar-refractivity contribution in [2.75, 3.05) is 26.2 Å². The van der Waals surface area contributed by atoms with Gasteiger partial charge in [-0.05, 0) is 49.4 Å². The molecule has 3 aliphatic heterocycles. The monoisotopic (exact) mass is 497 g/mol. The van der Waals surface area contributed by atoms with Gasteiger partial charge in [-0.2, -0.15) is 0 Å². The van der Waals surface area contributed by atoms with E-state index >= 15 is 0 Å². The fourth-order valence-electron chi connectivity index (χ4n) is 4.61. The van der Waals surface area contributed by atoms with Gasteiger partial charge in [0.15, 0.2) is 5.75 Å². The van der Waals surface area contributed by atoms with Crippen molar-refractivity contribution < 1.29 is 18.8 Å². The Kier molecular flexibility index (Phi) is 8.45. The zero-order chi connectivity index (χ0) is 21.4. The van der Waals surface area contributed by atoms with Crippen LogP contribution in [0.25, 0.3) is 0 Å². The molecule has 6 nitrogen and oxygen atoms in total. The van der Waals surface area contributed by atoms with Crippen LogP contribution in [0.15, 0.2) is 42.5 Å². The molecule has 2 atom stereocenters. The van der Waals surface area contributed by atoms with Crippen molar-refractivity contribution in [2.45, 2.75) is 45.0 Å². The second-order valence-corrected chi connectivity index (χ2v) is 8.60. The van der Waals surface area contributed by atoms with Gasteiger partial charge in [-0.15, -0.1) is 29.9 Å².